The molecule has 0 radical (unpaired) electrons. The van der Waals surface area contributed by atoms with Gasteiger partial charge in [0.15, 0.2) is 23.3 Å². The van der Waals surface area contributed by atoms with Gasteiger partial charge in [-0.05, 0) is 102 Å². The molecule has 2 aromatic heterocycles. The number of nitrogens with zero attached hydrogens (tertiary/aromatic N) is 12. The maximum absolute atomic E-state index is 5.24. The molecule has 0 aliphatic rings. The summed E-state index contributed by atoms with van der Waals surface area (Å²) in [6.45, 7) is 14.9. The molecule has 0 amide bonds. The van der Waals surface area contributed by atoms with Crippen LogP contribution in [0, 0.1) is 27.7 Å². The second kappa shape index (κ2) is 28.3. The smallest absolute Gasteiger partial charge is 0.741 e. The first-order valence-electron chi connectivity index (χ1n) is 20.0. The first-order chi connectivity index (χ1) is 31.7. The Kier molecular flexibility index (Phi) is 23.5. The minimum Gasteiger partial charge on any atom is -0.741 e. The molecule has 68 heavy (non-hydrogen) atoms. The molecule has 24 heteroatoms. The molecule has 18 nitrogen and oxygen atoms in total. The maximum Gasteiger partial charge on any atom is 2.00 e. The average Bonchev–Trinajstić information content (AvgIpc) is 4.01. The van der Waals surface area contributed by atoms with Gasteiger partial charge < -0.3 is 50.5 Å². The van der Waals surface area contributed by atoms with Crippen molar-refractivity contribution in [1.82, 2.24) is 52.1 Å². The van der Waals surface area contributed by atoms with Crippen molar-refractivity contribution in [3.63, 3.8) is 0 Å². The Morgan fingerprint density at radius 1 is 0.397 bits per heavy atom. The largest absolute Gasteiger partial charge is 2.00 e. The molecule has 0 aliphatic heterocycles. The van der Waals surface area contributed by atoms with E-state index in [9.17, 15) is 0 Å². The fourth-order valence-electron chi connectivity index (χ4n) is 5.20. The molecule has 6 rings (SSSR count). The monoisotopic (exact) mass is 1340 g/mol. The van der Waals surface area contributed by atoms with Crippen molar-refractivity contribution < 1.29 is 42.1 Å². The predicted octanol–water partition coefficient (Wildman–Crippen LogP) is 7.03. The van der Waals surface area contributed by atoms with Crippen molar-refractivity contribution in [2.24, 2.45) is 40.4 Å². The number of rotatable bonds is 12. The average molecular weight is 1350 g/mol. The van der Waals surface area contributed by atoms with Crippen molar-refractivity contribution in [2.45, 2.75) is 55.4 Å². The van der Waals surface area contributed by atoms with E-state index in [2.05, 4.69) is 92.4 Å². The van der Waals surface area contributed by atoms with Crippen molar-refractivity contribution in [3.8, 4) is 0 Å². The molecule has 4 aromatic carbocycles. The number of aromatic amines is 2. The van der Waals surface area contributed by atoms with Crippen LogP contribution in [0.2, 0.25) is 0 Å². The third-order valence-corrected chi connectivity index (χ3v) is 9.66. The second-order valence-electron chi connectivity index (χ2n) is 14.1. The van der Waals surface area contributed by atoms with E-state index in [1.54, 1.807) is 27.7 Å². The summed E-state index contributed by atoms with van der Waals surface area (Å²) in [6.07, 6.45) is 0. The zero-order chi connectivity index (χ0) is 47.6. The van der Waals surface area contributed by atoms with Crippen LogP contribution in [-0.4, -0.2) is 73.9 Å². The molecule has 356 valence electrons. The van der Waals surface area contributed by atoms with Crippen molar-refractivity contribution in [1.29, 1.82) is 0 Å². The van der Waals surface area contributed by atoms with E-state index in [1.165, 1.54) is 0 Å². The number of aromatic nitrogens is 6. The molecule has 0 saturated carbocycles. The van der Waals surface area contributed by atoms with Crippen molar-refractivity contribution in [3.05, 3.63) is 143 Å². The van der Waals surface area contributed by atoms with Gasteiger partial charge in [0.05, 0.1) is 22.7 Å². The van der Waals surface area contributed by atoms with Crippen molar-refractivity contribution >= 4 is 117 Å². The molecule has 0 aliphatic carbocycles. The van der Waals surface area contributed by atoms with Crippen LogP contribution in [0.25, 0.3) is 0 Å². The van der Waals surface area contributed by atoms with Gasteiger partial charge in [0.2, 0.25) is 0 Å². The predicted molar refractivity (Wildman–Crippen MR) is 277 cm³/mol. The molecule has 0 unspecified atom stereocenters. The van der Waals surface area contributed by atoms with Gasteiger partial charge in [0.25, 0.3) is 0 Å². The van der Waals surface area contributed by atoms with Gasteiger partial charge in [-0.25, -0.2) is 9.97 Å². The third-order valence-electron chi connectivity index (χ3n) is 8.93. The zero-order valence-electron chi connectivity index (χ0n) is 37.9. The Bertz CT molecular complexity index is 2500. The van der Waals surface area contributed by atoms with Crippen LogP contribution in [0.3, 0.4) is 0 Å². The summed E-state index contributed by atoms with van der Waals surface area (Å²) in [5.74, 6) is 1.74. The van der Waals surface area contributed by atoms with Gasteiger partial charge in [-0.15, -0.1) is 0 Å². The van der Waals surface area contributed by atoms with Gasteiger partial charge in [0, 0.05) is 20.7 Å². The Morgan fingerprint density at radius 2 is 0.632 bits per heavy atom. The first kappa shape index (κ1) is 56.3. The normalized spacial score (nSPS) is 12.8. The van der Waals surface area contributed by atoms with Crippen LogP contribution in [-0.2, 0) is 92.6 Å². The van der Waals surface area contributed by atoms with E-state index in [1.807, 2.05) is 125 Å². The van der Waals surface area contributed by atoms with Gasteiger partial charge >= 0.3 is 42.1 Å². The first-order valence-corrected chi connectivity index (χ1v) is 21.6. The van der Waals surface area contributed by atoms with E-state index in [0.717, 1.165) is 45.0 Å². The molecular formula is C44H46N18Pt2S4. The molecule has 0 spiro atoms. The van der Waals surface area contributed by atoms with Crippen LogP contribution in [0.1, 0.15) is 73.2 Å². The Morgan fingerprint density at radius 3 is 0.882 bits per heavy atom. The van der Waals surface area contributed by atoms with E-state index >= 15 is 0 Å². The topological polar surface area (TPSA) is 230 Å². The van der Waals surface area contributed by atoms with E-state index in [-0.39, 0.29) is 62.8 Å². The zero-order valence-corrected chi connectivity index (χ0v) is 45.7. The SMILES string of the molecule is C/C(=N\NC([S-])=Nc1ccccc1C)c1n[nH]c(/C(C)=N/NC([S-])=Nc2ccccc2C)n1.C/C(=N\NC([S-])=Nc1ccccc1C)c1n[nH]c(/C(C)=N/NC([S-])=Nc2ccccc2C)n1.[Pt+2].[Pt+2]. The summed E-state index contributed by atoms with van der Waals surface area (Å²) < 4.78 is 0. The van der Waals surface area contributed by atoms with E-state index in [0.29, 0.717) is 46.1 Å². The van der Waals surface area contributed by atoms with Gasteiger partial charge in [0.1, 0.15) is 22.8 Å². The number of H-pyrrole nitrogens is 2. The minimum atomic E-state index is 0. The summed E-state index contributed by atoms with van der Waals surface area (Å²) >= 11 is 21.0. The number of hydrazone groups is 4. The number of para-hydroxylation sites is 4. The Hall–Kier alpha value is -6.02. The number of hydrogen-bond donors (Lipinski definition) is 6. The van der Waals surface area contributed by atoms with E-state index in [4.69, 9.17) is 50.5 Å². The van der Waals surface area contributed by atoms with Crippen LogP contribution in [0.15, 0.2) is 137 Å². The molecule has 6 N–H and O–H groups in total. The van der Waals surface area contributed by atoms with Gasteiger partial charge in [-0.2, -0.15) is 30.6 Å². The fourth-order valence-corrected chi connectivity index (χ4v) is 5.77. The molecule has 0 saturated heterocycles. The summed E-state index contributed by atoms with van der Waals surface area (Å²) in [6, 6.07) is 30.8. The fraction of sp³-hybridized carbons (Fsp3) is 0.182. The van der Waals surface area contributed by atoms with Crippen LogP contribution >= 0.6 is 0 Å². The number of benzene rings is 4. The van der Waals surface area contributed by atoms with Crippen LogP contribution in [0.5, 0.6) is 0 Å². The number of hydrogen-bond acceptors (Lipinski definition) is 16. The third kappa shape index (κ3) is 17.9. The van der Waals surface area contributed by atoms with Crippen LogP contribution < -0.4 is 21.7 Å². The van der Waals surface area contributed by atoms with Crippen molar-refractivity contribution in [2.75, 3.05) is 0 Å². The molecule has 0 fully saturated rings. The molecule has 2 heterocycles. The number of amidine groups is 4. The summed E-state index contributed by atoms with van der Waals surface area (Å²) in [5.41, 5.74) is 20.4. The molecule has 0 atom stereocenters. The number of aryl methyl sites for hydroxylation is 4. The molecular weight excluding hydrogens is 1300 g/mol. The number of aliphatic imine (C=N–C) groups is 4. The van der Waals surface area contributed by atoms with Crippen LogP contribution in [0.4, 0.5) is 22.7 Å². The Labute approximate surface area is 445 Å². The summed E-state index contributed by atoms with van der Waals surface area (Å²) in [4.78, 5) is 26.2. The maximum atomic E-state index is 5.24. The van der Waals surface area contributed by atoms with E-state index < -0.39 is 0 Å². The van der Waals surface area contributed by atoms with Gasteiger partial charge in [-0.3, -0.25) is 51.9 Å². The number of nitrogens with one attached hydrogen (secondary N) is 6. The summed E-state index contributed by atoms with van der Waals surface area (Å²) in [7, 11) is 0. The standard InChI is InChI=1S/2C22H25N9S2.2Pt/c2*1-13-9-5-7-11-17(13)23-21(32)30-26-15(3)19-25-20(29-28-19)16(4)27-31-22(33)24-18-12-8-6-10-14(18)2;;/h2*5-12H,1-4H3,(H2,23,30,32)(H2,24,31,33)(H,25,28,29);;/q;;2*+2/p-4/b2*26-15+,27-16+;;. The second-order valence-corrected chi connectivity index (χ2v) is 15.6. The quantitative estimate of drug-likeness (QED) is 0.0314. The van der Waals surface area contributed by atoms with Gasteiger partial charge in [-0.1, -0.05) is 72.8 Å². The minimum absolute atomic E-state index is 0. The Balaban J connectivity index is 0.000000350. The molecule has 0 bridgehead atoms. The molecule has 6 aromatic rings. The summed E-state index contributed by atoms with van der Waals surface area (Å²) in [5, 5.41) is 31.9.